The van der Waals surface area contributed by atoms with Crippen molar-refractivity contribution in [1.29, 1.82) is 0 Å². The molecule has 8 heteroatoms. The zero-order valence-electron chi connectivity index (χ0n) is 10.5. The fourth-order valence-corrected chi connectivity index (χ4v) is 1.89. The number of rotatable bonds is 7. The highest BCUT2D eigenvalue weighted by atomic mass is 32.2. The fraction of sp³-hybridized carbons (Fsp3) is 0.167. The molecule has 108 valence electrons. The average Bonchev–Trinajstić information content (AvgIpc) is 2.42. The van der Waals surface area contributed by atoms with E-state index < -0.39 is 35.1 Å². The number of sulfonamides is 1. The molecule has 0 atom stereocenters. The Hall–Kier alpha value is -2.19. The van der Waals surface area contributed by atoms with Crippen molar-refractivity contribution in [2.45, 2.75) is 0 Å². The summed E-state index contributed by atoms with van der Waals surface area (Å²) in [6.45, 7) is -1.16. The standard InChI is InChI=1S/C12H14N2O5S/c13-11(15)9-19-12(16)8-14-20(17,18)7-6-10-4-2-1-3-5-10/h1-7,14H,8-9H2,(H2,13,15)/b7-6+. The number of nitrogens with one attached hydrogen (secondary N) is 1. The number of hydrogen-bond donors (Lipinski definition) is 2. The summed E-state index contributed by atoms with van der Waals surface area (Å²) < 4.78 is 29.5. The molecule has 0 bridgehead atoms. The topological polar surface area (TPSA) is 116 Å². The number of primary amides is 1. The van der Waals surface area contributed by atoms with E-state index in [1.165, 1.54) is 6.08 Å². The number of amides is 1. The summed E-state index contributed by atoms with van der Waals surface area (Å²) in [6.07, 6.45) is 1.39. The number of benzene rings is 1. The molecule has 0 fully saturated rings. The van der Waals surface area contributed by atoms with E-state index >= 15 is 0 Å². The van der Waals surface area contributed by atoms with Crippen LogP contribution < -0.4 is 10.5 Å². The molecule has 0 saturated heterocycles. The zero-order chi connectivity index (χ0) is 15.0. The molecule has 0 aliphatic carbocycles. The zero-order valence-corrected chi connectivity index (χ0v) is 11.3. The lowest BCUT2D eigenvalue weighted by molar-refractivity contribution is -0.146. The Morgan fingerprint density at radius 2 is 1.90 bits per heavy atom. The molecule has 1 rings (SSSR count). The van der Waals surface area contributed by atoms with Crippen LogP contribution in [0.4, 0.5) is 0 Å². The lowest BCUT2D eigenvalue weighted by Gasteiger charge is -2.03. The van der Waals surface area contributed by atoms with Gasteiger partial charge in [-0.2, -0.15) is 0 Å². The first-order valence-electron chi connectivity index (χ1n) is 5.56. The van der Waals surface area contributed by atoms with Crippen molar-refractivity contribution >= 4 is 28.0 Å². The molecule has 1 aromatic carbocycles. The number of ether oxygens (including phenoxy) is 1. The molecule has 3 N–H and O–H groups in total. The first-order valence-corrected chi connectivity index (χ1v) is 7.10. The predicted octanol–water partition coefficient (Wildman–Crippen LogP) is -0.395. The van der Waals surface area contributed by atoms with Gasteiger partial charge in [-0.3, -0.25) is 9.59 Å². The van der Waals surface area contributed by atoms with Gasteiger partial charge in [0.1, 0.15) is 6.54 Å². The molecule has 0 radical (unpaired) electrons. The highest BCUT2D eigenvalue weighted by Crippen LogP contribution is 2.02. The van der Waals surface area contributed by atoms with Gasteiger partial charge in [0.15, 0.2) is 6.61 Å². The van der Waals surface area contributed by atoms with Crippen LogP contribution in [0.2, 0.25) is 0 Å². The first-order chi connectivity index (χ1) is 9.39. The van der Waals surface area contributed by atoms with Gasteiger partial charge < -0.3 is 10.5 Å². The molecule has 1 amide bonds. The van der Waals surface area contributed by atoms with E-state index in [1.54, 1.807) is 30.3 Å². The maximum absolute atomic E-state index is 11.5. The predicted molar refractivity (Wildman–Crippen MR) is 72.6 cm³/mol. The SMILES string of the molecule is NC(=O)COC(=O)CNS(=O)(=O)/C=C/c1ccccc1. The molecule has 1 aromatic rings. The molecule has 0 aromatic heterocycles. The van der Waals surface area contributed by atoms with Gasteiger partial charge in [0.05, 0.1) is 0 Å². The number of carbonyl (C=O) groups excluding carboxylic acids is 2. The summed E-state index contributed by atoms with van der Waals surface area (Å²) >= 11 is 0. The minimum atomic E-state index is -3.76. The Labute approximate surface area is 116 Å². The normalized spacial score (nSPS) is 11.4. The Morgan fingerprint density at radius 1 is 1.25 bits per heavy atom. The van der Waals surface area contributed by atoms with Crippen molar-refractivity contribution in [3.63, 3.8) is 0 Å². The van der Waals surface area contributed by atoms with Crippen molar-refractivity contribution in [3.8, 4) is 0 Å². The van der Waals surface area contributed by atoms with Gasteiger partial charge in [-0.25, -0.2) is 13.1 Å². The molecule has 0 aliphatic heterocycles. The number of esters is 1. The summed E-state index contributed by atoms with van der Waals surface area (Å²) in [5.74, 6) is -1.70. The van der Waals surface area contributed by atoms with Gasteiger partial charge in [-0.1, -0.05) is 30.3 Å². The number of hydrogen-bond acceptors (Lipinski definition) is 5. The summed E-state index contributed by atoms with van der Waals surface area (Å²) in [4.78, 5) is 21.4. The maximum atomic E-state index is 11.5. The third-order valence-electron chi connectivity index (χ3n) is 2.03. The second-order valence-corrected chi connectivity index (χ2v) is 5.36. The van der Waals surface area contributed by atoms with Crippen molar-refractivity contribution in [2.24, 2.45) is 5.73 Å². The van der Waals surface area contributed by atoms with Gasteiger partial charge in [0.2, 0.25) is 10.0 Å². The van der Waals surface area contributed by atoms with Gasteiger partial charge in [0, 0.05) is 5.41 Å². The van der Waals surface area contributed by atoms with E-state index in [2.05, 4.69) is 4.74 Å². The molecular weight excluding hydrogens is 284 g/mol. The van der Waals surface area contributed by atoms with Crippen molar-refractivity contribution in [2.75, 3.05) is 13.2 Å². The third-order valence-corrected chi connectivity index (χ3v) is 3.07. The molecule has 0 heterocycles. The van der Waals surface area contributed by atoms with Crippen LogP contribution in [0.1, 0.15) is 5.56 Å². The van der Waals surface area contributed by atoms with Crippen LogP contribution in [-0.2, 0) is 24.3 Å². The summed E-state index contributed by atoms with van der Waals surface area (Å²) in [5, 5.41) is 0.934. The Morgan fingerprint density at radius 3 is 2.50 bits per heavy atom. The summed E-state index contributed by atoms with van der Waals surface area (Å²) in [5.41, 5.74) is 5.47. The minimum Gasteiger partial charge on any atom is -0.455 e. The third kappa shape index (κ3) is 6.66. The average molecular weight is 298 g/mol. The number of nitrogens with two attached hydrogens (primary N) is 1. The highest BCUT2D eigenvalue weighted by molar-refractivity contribution is 7.92. The lowest BCUT2D eigenvalue weighted by Crippen LogP contribution is -2.31. The summed E-state index contributed by atoms with van der Waals surface area (Å²) in [6, 6.07) is 8.79. The monoisotopic (exact) mass is 298 g/mol. The molecule has 0 aliphatic rings. The van der Waals surface area contributed by atoms with E-state index in [-0.39, 0.29) is 0 Å². The first kappa shape index (κ1) is 15.9. The van der Waals surface area contributed by atoms with Crippen molar-refractivity contribution < 1.29 is 22.7 Å². The summed E-state index contributed by atoms with van der Waals surface area (Å²) in [7, 11) is -3.76. The molecular formula is C12H14N2O5S. The maximum Gasteiger partial charge on any atom is 0.321 e. The second kappa shape index (κ2) is 7.41. The fourth-order valence-electron chi connectivity index (χ4n) is 1.14. The largest absolute Gasteiger partial charge is 0.455 e. The van der Waals surface area contributed by atoms with Crippen LogP contribution >= 0.6 is 0 Å². The molecule has 20 heavy (non-hydrogen) atoms. The van der Waals surface area contributed by atoms with Crippen LogP contribution in [0.25, 0.3) is 6.08 Å². The lowest BCUT2D eigenvalue weighted by atomic mass is 10.2. The van der Waals surface area contributed by atoms with E-state index in [4.69, 9.17) is 5.73 Å². The van der Waals surface area contributed by atoms with Gasteiger partial charge in [-0.15, -0.1) is 0 Å². The Balaban J connectivity index is 2.48. The quantitative estimate of drug-likeness (QED) is 0.665. The van der Waals surface area contributed by atoms with Crippen LogP contribution in [-0.4, -0.2) is 33.4 Å². The molecule has 0 saturated carbocycles. The van der Waals surface area contributed by atoms with Crippen LogP contribution in [0.5, 0.6) is 0 Å². The van der Waals surface area contributed by atoms with Gasteiger partial charge in [0.25, 0.3) is 5.91 Å². The smallest absolute Gasteiger partial charge is 0.321 e. The highest BCUT2D eigenvalue weighted by Gasteiger charge is 2.10. The van der Waals surface area contributed by atoms with Gasteiger partial charge >= 0.3 is 5.97 Å². The number of carbonyl (C=O) groups is 2. The van der Waals surface area contributed by atoms with E-state index in [0.29, 0.717) is 5.56 Å². The van der Waals surface area contributed by atoms with E-state index in [1.807, 2.05) is 4.72 Å². The van der Waals surface area contributed by atoms with Crippen LogP contribution in [0.3, 0.4) is 0 Å². The Kier molecular flexibility index (Phi) is 5.88. The van der Waals surface area contributed by atoms with E-state index in [0.717, 1.165) is 5.41 Å². The van der Waals surface area contributed by atoms with Crippen molar-refractivity contribution in [3.05, 3.63) is 41.3 Å². The van der Waals surface area contributed by atoms with Crippen LogP contribution in [0.15, 0.2) is 35.7 Å². The molecule has 7 nitrogen and oxygen atoms in total. The molecule has 0 unspecified atom stereocenters. The second-order valence-electron chi connectivity index (χ2n) is 3.71. The van der Waals surface area contributed by atoms with Crippen LogP contribution in [0, 0.1) is 0 Å². The molecule has 0 spiro atoms. The Bertz CT molecular complexity index is 596. The van der Waals surface area contributed by atoms with Crippen molar-refractivity contribution in [1.82, 2.24) is 4.72 Å². The van der Waals surface area contributed by atoms with Gasteiger partial charge in [-0.05, 0) is 11.6 Å². The van der Waals surface area contributed by atoms with E-state index in [9.17, 15) is 18.0 Å². The minimum absolute atomic E-state index is 0.575.